The van der Waals surface area contributed by atoms with E-state index in [1.54, 1.807) is 0 Å². The zero-order valence-corrected chi connectivity index (χ0v) is 48.0. The quantitative estimate of drug-likeness (QED) is 0.153. The van der Waals surface area contributed by atoms with Gasteiger partial charge in [-0.1, -0.05) is 200 Å². The number of nitrogens with zero attached hydrogens (tertiary/aromatic N) is 2. The Labute approximate surface area is 454 Å². The van der Waals surface area contributed by atoms with E-state index in [-0.39, 0.29) is 28.4 Å². The van der Waals surface area contributed by atoms with Gasteiger partial charge >= 0.3 is 0 Å². The fraction of sp³-hybridized carbons (Fsp3) is 0.380. The molecule has 0 amide bonds. The average molecular weight is 1000 g/mol. The van der Waals surface area contributed by atoms with Crippen LogP contribution < -0.4 is 25.5 Å². The Morgan fingerprint density at radius 3 is 1.45 bits per heavy atom. The van der Waals surface area contributed by atoms with Crippen molar-refractivity contribution < 1.29 is 0 Å². The molecule has 2 nitrogen and oxygen atoms in total. The lowest BCUT2D eigenvalue weighted by Gasteiger charge is -2.45. The molecule has 0 unspecified atom stereocenters. The van der Waals surface area contributed by atoms with Crippen LogP contribution in [0.15, 0.2) is 140 Å². The van der Waals surface area contributed by atoms with Crippen molar-refractivity contribution in [3.05, 3.63) is 173 Å². The maximum absolute atomic E-state index is 2.77. The first kappa shape index (κ1) is 50.0. The molecule has 3 heterocycles. The normalized spacial score (nSPS) is 16.4. The summed E-state index contributed by atoms with van der Waals surface area (Å²) in [7, 11) is 0. The van der Waals surface area contributed by atoms with E-state index in [1.165, 1.54) is 173 Å². The van der Waals surface area contributed by atoms with Crippen molar-refractivity contribution in [2.24, 2.45) is 0 Å². The summed E-state index contributed by atoms with van der Waals surface area (Å²) in [6.07, 6.45) is 11.7. The van der Waals surface area contributed by atoms with Gasteiger partial charge in [0, 0.05) is 43.2 Å². The van der Waals surface area contributed by atoms with Gasteiger partial charge in [0.05, 0.1) is 11.4 Å². The molecule has 2 aliphatic heterocycles. The van der Waals surface area contributed by atoms with Crippen LogP contribution in [0, 0.1) is 0 Å². The molecule has 12 rings (SSSR count). The molecule has 0 radical (unpaired) electrons. The fourth-order valence-electron chi connectivity index (χ4n) is 13.2. The van der Waals surface area contributed by atoms with Crippen LogP contribution in [-0.4, -0.2) is 6.71 Å². The first-order valence-electron chi connectivity index (χ1n) is 28.7. The highest BCUT2D eigenvalue weighted by atomic mass is 32.1. The van der Waals surface area contributed by atoms with Crippen molar-refractivity contribution in [1.82, 2.24) is 0 Å². The molecule has 0 atom stereocenters. The lowest BCUT2D eigenvalue weighted by atomic mass is 9.36. The zero-order chi connectivity index (χ0) is 52.3. The van der Waals surface area contributed by atoms with Crippen LogP contribution in [0.2, 0.25) is 0 Å². The summed E-state index contributed by atoms with van der Waals surface area (Å²) in [5.74, 6) is 1.19. The number of fused-ring (bicyclic) bond motifs is 6. The van der Waals surface area contributed by atoms with Crippen molar-refractivity contribution in [1.29, 1.82) is 0 Å². The summed E-state index contributed by atoms with van der Waals surface area (Å²) in [6, 6.07) is 56.3. The van der Waals surface area contributed by atoms with Crippen LogP contribution in [0.5, 0.6) is 0 Å². The minimum Gasteiger partial charge on any atom is -0.311 e. The van der Waals surface area contributed by atoms with Gasteiger partial charge in [-0.2, -0.15) is 0 Å². The molecule has 4 aliphatic rings. The van der Waals surface area contributed by atoms with Crippen LogP contribution in [0.1, 0.15) is 186 Å². The third-order valence-electron chi connectivity index (χ3n) is 17.9. The highest BCUT2D eigenvalue weighted by molar-refractivity contribution is 7.33. The van der Waals surface area contributed by atoms with Gasteiger partial charge in [0.25, 0.3) is 6.71 Å². The topological polar surface area (TPSA) is 6.48 Å². The Bertz CT molecular complexity index is 3440. The lowest BCUT2D eigenvalue weighted by Crippen LogP contribution is -2.60. The predicted octanol–water partition coefficient (Wildman–Crippen LogP) is 19.2. The molecule has 75 heavy (non-hydrogen) atoms. The Morgan fingerprint density at radius 2 is 0.893 bits per heavy atom. The summed E-state index contributed by atoms with van der Waals surface area (Å²) in [5, 5.41) is 1.36. The third kappa shape index (κ3) is 8.99. The second-order valence-electron chi connectivity index (χ2n) is 27.2. The van der Waals surface area contributed by atoms with E-state index in [0.717, 1.165) is 0 Å². The molecule has 0 N–H and O–H groups in total. The van der Waals surface area contributed by atoms with Gasteiger partial charge in [0.1, 0.15) is 0 Å². The Balaban J connectivity index is 1.15. The van der Waals surface area contributed by atoms with Gasteiger partial charge in [0.15, 0.2) is 0 Å². The van der Waals surface area contributed by atoms with Crippen molar-refractivity contribution >= 4 is 78.0 Å². The van der Waals surface area contributed by atoms with Crippen molar-refractivity contribution in [2.45, 2.75) is 174 Å². The molecule has 0 spiro atoms. The number of hydrogen-bond acceptors (Lipinski definition) is 3. The summed E-state index contributed by atoms with van der Waals surface area (Å²) >= 11 is 2.04. The molecular weight excluding hydrogens is 924 g/mol. The number of thiophene rings is 1. The molecule has 0 saturated heterocycles. The van der Waals surface area contributed by atoms with E-state index in [0.29, 0.717) is 11.8 Å². The van der Waals surface area contributed by atoms with E-state index in [9.17, 15) is 0 Å². The molecule has 382 valence electrons. The standard InChI is InChI=1S/C71H79BN2S/c1-68(2,3)52-30-22-47(23-31-52)48-26-35-56(36-27-48)73-61-38-29-51(46-18-14-13-15-19-46)41-59(61)72-65-62(73)43-55(71(10,11)12)44-63(65)74(66-58-42-54(70(7,8)9)34-39-64(58)75-67(66)72)60-37-28-50(45-20-16-17-21-45)40-57(60)49-24-32-53(33-25-49)69(4,5)6/h22-46H,13-21H2,1-12H3. The first-order chi connectivity index (χ1) is 35.7. The highest BCUT2D eigenvalue weighted by Crippen LogP contribution is 2.53. The van der Waals surface area contributed by atoms with Crippen LogP contribution in [0.4, 0.5) is 34.1 Å². The fourth-order valence-corrected chi connectivity index (χ4v) is 14.5. The monoisotopic (exact) mass is 1000 g/mol. The highest BCUT2D eigenvalue weighted by Gasteiger charge is 2.47. The van der Waals surface area contributed by atoms with E-state index >= 15 is 0 Å². The van der Waals surface area contributed by atoms with Crippen LogP contribution in [-0.2, 0) is 21.7 Å². The third-order valence-corrected chi connectivity index (χ3v) is 19.1. The second-order valence-corrected chi connectivity index (χ2v) is 28.3. The smallest absolute Gasteiger partial charge is 0.264 e. The minimum absolute atomic E-state index is 0.00581. The van der Waals surface area contributed by atoms with Gasteiger partial charge in [-0.15, -0.1) is 11.3 Å². The number of benzene rings is 7. The van der Waals surface area contributed by atoms with Gasteiger partial charge in [-0.3, -0.25) is 0 Å². The van der Waals surface area contributed by atoms with Crippen LogP contribution >= 0.6 is 11.3 Å². The van der Waals surface area contributed by atoms with Crippen LogP contribution in [0.3, 0.4) is 0 Å². The molecule has 1 aromatic heterocycles. The lowest BCUT2D eigenvalue weighted by molar-refractivity contribution is 0.444. The molecular formula is C71H79BN2S. The van der Waals surface area contributed by atoms with Gasteiger partial charge < -0.3 is 9.80 Å². The number of rotatable bonds is 6. The van der Waals surface area contributed by atoms with E-state index in [1.807, 2.05) is 11.3 Å². The molecule has 8 aromatic rings. The Hall–Kier alpha value is -5.84. The SMILES string of the molecule is CC(C)(C)c1ccc(-c2ccc(N3c4ccc(C5CCCCC5)cc4B4c5sc6ccc(C(C)(C)C)cc6c5N(c5ccc(C6CCCC6)cc5-c5ccc(C(C)(C)C)cc5)c5cc(C(C)(C)C)cc3c54)cc2)cc1. The van der Waals surface area contributed by atoms with E-state index < -0.39 is 0 Å². The minimum atomic E-state index is -0.124. The van der Waals surface area contributed by atoms with Crippen molar-refractivity contribution in [3.63, 3.8) is 0 Å². The molecule has 2 saturated carbocycles. The van der Waals surface area contributed by atoms with Crippen molar-refractivity contribution in [2.75, 3.05) is 9.80 Å². The molecule has 7 aromatic carbocycles. The predicted molar refractivity (Wildman–Crippen MR) is 329 cm³/mol. The van der Waals surface area contributed by atoms with Gasteiger partial charge in [-0.25, -0.2) is 0 Å². The second kappa shape index (κ2) is 18.4. The summed E-state index contributed by atoms with van der Waals surface area (Å²) < 4.78 is 2.82. The molecule has 2 aliphatic carbocycles. The summed E-state index contributed by atoms with van der Waals surface area (Å²) in [4.78, 5) is 5.43. The Kier molecular flexibility index (Phi) is 12.3. The zero-order valence-electron chi connectivity index (χ0n) is 47.2. The molecule has 4 heteroatoms. The maximum Gasteiger partial charge on any atom is 0.264 e. The van der Waals surface area contributed by atoms with E-state index in [4.69, 9.17) is 0 Å². The largest absolute Gasteiger partial charge is 0.311 e. The van der Waals surface area contributed by atoms with Crippen LogP contribution in [0.25, 0.3) is 32.3 Å². The first-order valence-corrected chi connectivity index (χ1v) is 29.5. The Morgan fingerprint density at radius 1 is 0.413 bits per heavy atom. The van der Waals surface area contributed by atoms with Gasteiger partial charge in [0.2, 0.25) is 0 Å². The average Bonchev–Trinajstić information content (AvgIpc) is 4.12. The number of hydrogen-bond donors (Lipinski definition) is 0. The van der Waals surface area contributed by atoms with Crippen molar-refractivity contribution in [3.8, 4) is 22.3 Å². The summed E-state index contributed by atoms with van der Waals surface area (Å²) in [6.45, 7) is 28.3. The maximum atomic E-state index is 2.77. The van der Waals surface area contributed by atoms with E-state index in [2.05, 4.69) is 232 Å². The molecule has 0 bridgehead atoms. The summed E-state index contributed by atoms with van der Waals surface area (Å²) in [5.41, 5.74) is 24.2. The molecule has 2 fully saturated rings. The van der Waals surface area contributed by atoms with Gasteiger partial charge in [-0.05, 0) is 175 Å². The number of anilines is 6.